The van der Waals surface area contributed by atoms with Crippen LogP contribution in [-0.4, -0.2) is 28.9 Å². The van der Waals surface area contributed by atoms with Gasteiger partial charge in [0.2, 0.25) is 0 Å². The number of anilines is 2. The highest BCUT2D eigenvalue weighted by Crippen LogP contribution is 2.17. The Bertz CT molecular complexity index is 609. The predicted molar refractivity (Wildman–Crippen MR) is 81.2 cm³/mol. The molecule has 0 bridgehead atoms. The fraction of sp³-hybridized carbons (Fsp3) is 0.250. The molecular formula is C16H18FN3O. The van der Waals surface area contributed by atoms with Gasteiger partial charge in [0, 0.05) is 30.7 Å². The summed E-state index contributed by atoms with van der Waals surface area (Å²) in [6.07, 6.45) is 1.59. The van der Waals surface area contributed by atoms with E-state index in [1.54, 1.807) is 35.4 Å². The second-order valence-corrected chi connectivity index (χ2v) is 4.54. The molecule has 1 aromatic carbocycles. The third-order valence-corrected chi connectivity index (χ3v) is 3.16. The molecule has 0 unspecified atom stereocenters. The smallest absolute Gasteiger partial charge is 0.272 e. The number of amides is 1. The van der Waals surface area contributed by atoms with Crippen LogP contribution in [0.2, 0.25) is 0 Å². The Morgan fingerprint density at radius 3 is 2.43 bits per heavy atom. The van der Waals surface area contributed by atoms with E-state index in [9.17, 15) is 9.18 Å². The fourth-order valence-electron chi connectivity index (χ4n) is 2.00. The van der Waals surface area contributed by atoms with Gasteiger partial charge in [0.1, 0.15) is 11.5 Å². The number of hydrogen-bond acceptors (Lipinski definition) is 3. The van der Waals surface area contributed by atoms with E-state index in [0.717, 1.165) is 11.4 Å². The number of hydrogen-bond donors (Lipinski definition) is 1. The van der Waals surface area contributed by atoms with Crippen LogP contribution < -0.4 is 5.32 Å². The number of benzene rings is 1. The largest absolute Gasteiger partial charge is 0.355 e. The van der Waals surface area contributed by atoms with Gasteiger partial charge in [-0.1, -0.05) is 0 Å². The van der Waals surface area contributed by atoms with Gasteiger partial charge in [0.25, 0.3) is 5.91 Å². The minimum atomic E-state index is -0.285. The minimum Gasteiger partial charge on any atom is -0.355 e. The normalized spacial score (nSPS) is 10.2. The lowest BCUT2D eigenvalue weighted by Gasteiger charge is -2.18. The van der Waals surface area contributed by atoms with Crippen LogP contribution in [0.15, 0.2) is 42.6 Å². The first-order chi connectivity index (χ1) is 10.1. The van der Waals surface area contributed by atoms with Crippen molar-refractivity contribution in [2.24, 2.45) is 0 Å². The Balaban J connectivity index is 2.17. The molecule has 1 aromatic heterocycles. The van der Waals surface area contributed by atoms with Crippen molar-refractivity contribution in [1.82, 2.24) is 9.88 Å². The summed E-state index contributed by atoms with van der Waals surface area (Å²) in [6.45, 7) is 5.16. The first kappa shape index (κ1) is 15.0. The quantitative estimate of drug-likeness (QED) is 0.916. The summed E-state index contributed by atoms with van der Waals surface area (Å²) < 4.78 is 12.9. The van der Waals surface area contributed by atoms with Gasteiger partial charge in [0.15, 0.2) is 0 Å². The first-order valence-electron chi connectivity index (χ1n) is 6.92. The van der Waals surface area contributed by atoms with Gasteiger partial charge in [-0.2, -0.15) is 0 Å². The molecule has 1 amide bonds. The zero-order chi connectivity index (χ0) is 15.2. The summed E-state index contributed by atoms with van der Waals surface area (Å²) in [5.74, 6) is -0.379. The molecule has 2 rings (SSSR count). The standard InChI is InChI=1S/C16H18FN3O/c1-3-20(4-2)16(21)15-11-14(9-10-18-15)19-13-7-5-12(17)6-8-13/h5-11H,3-4H2,1-2H3,(H,18,19). The summed E-state index contributed by atoms with van der Waals surface area (Å²) in [7, 11) is 0. The van der Waals surface area contributed by atoms with Gasteiger partial charge in [-0.05, 0) is 50.2 Å². The highest BCUT2D eigenvalue weighted by Gasteiger charge is 2.14. The van der Waals surface area contributed by atoms with E-state index in [-0.39, 0.29) is 11.7 Å². The monoisotopic (exact) mass is 287 g/mol. The number of aromatic nitrogens is 1. The number of nitrogens with zero attached hydrogens (tertiary/aromatic N) is 2. The van der Waals surface area contributed by atoms with E-state index in [4.69, 9.17) is 0 Å². The van der Waals surface area contributed by atoms with E-state index in [0.29, 0.717) is 18.8 Å². The molecule has 1 N–H and O–H groups in total. The molecular weight excluding hydrogens is 269 g/mol. The van der Waals surface area contributed by atoms with Crippen molar-refractivity contribution in [2.45, 2.75) is 13.8 Å². The molecule has 0 fully saturated rings. The van der Waals surface area contributed by atoms with Gasteiger partial charge in [-0.3, -0.25) is 9.78 Å². The Hall–Kier alpha value is -2.43. The van der Waals surface area contributed by atoms with E-state index in [1.807, 2.05) is 13.8 Å². The van der Waals surface area contributed by atoms with Crippen LogP contribution in [0.5, 0.6) is 0 Å². The SMILES string of the molecule is CCN(CC)C(=O)c1cc(Nc2ccc(F)cc2)ccn1. The summed E-state index contributed by atoms with van der Waals surface area (Å²) in [6, 6.07) is 9.51. The number of carbonyl (C=O) groups is 1. The lowest BCUT2D eigenvalue weighted by Crippen LogP contribution is -2.31. The molecule has 1 heterocycles. The maximum absolute atomic E-state index is 12.9. The lowest BCUT2D eigenvalue weighted by atomic mass is 10.2. The van der Waals surface area contributed by atoms with Crippen LogP contribution >= 0.6 is 0 Å². The number of nitrogens with one attached hydrogen (secondary N) is 1. The van der Waals surface area contributed by atoms with E-state index in [1.165, 1.54) is 12.1 Å². The molecule has 0 radical (unpaired) electrons. The van der Waals surface area contributed by atoms with Crippen LogP contribution in [-0.2, 0) is 0 Å². The molecule has 0 aliphatic heterocycles. The van der Waals surface area contributed by atoms with Crippen molar-refractivity contribution in [3.05, 3.63) is 54.1 Å². The average Bonchev–Trinajstić information content (AvgIpc) is 2.51. The summed E-state index contributed by atoms with van der Waals surface area (Å²) in [5.41, 5.74) is 1.89. The van der Waals surface area contributed by atoms with Crippen molar-refractivity contribution < 1.29 is 9.18 Å². The predicted octanol–water partition coefficient (Wildman–Crippen LogP) is 3.45. The van der Waals surface area contributed by atoms with Gasteiger partial charge < -0.3 is 10.2 Å². The van der Waals surface area contributed by atoms with Crippen molar-refractivity contribution in [3.8, 4) is 0 Å². The fourth-order valence-corrected chi connectivity index (χ4v) is 2.00. The van der Waals surface area contributed by atoms with Gasteiger partial charge in [-0.25, -0.2) is 4.39 Å². The van der Waals surface area contributed by atoms with Crippen molar-refractivity contribution in [1.29, 1.82) is 0 Å². The zero-order valence-corrected chi connectivity index (χ0v) is 12.1. The van der Waals surface area contributed by atoms with E-state index in [2.05, 4.69) is 10.3 Å². The molecule has 0 spiro atoms. The molecule has 2 aromatic rings. The Morgan fingerprint density at radius 1 is 1.14 bits per heavy atom. The molecule has 0 aliphatic carbocycles. The van der Waals surface area contributed by atoms with Gasteiger partial charge in [-0.15, -0.1) is 0 Å². The Labute approximate surface area is 123 Å². The molecule has 0 atom stereocenters. The summed E-state index contributed by atoms with van der Waals surface area (Å²) in [4.78, 5) is 18.1. The number of halogens is 1. The van der Waals surface area contributed by atoms with Crippen molar-refractivity contribution in [3.63, 3.8) is 0 Å². The lowest BCUT2D eigenvalue weighted by molar-refractivity contribution is 0.0767. The third kappa shape index (κ3) is 3.78. The molecule has 0 saturated carbocycles. The summed E-state index contributed by atoms with van der Waals surface area (Å²) in [5, 5.41) is 3.12. The third-order valence-electron chi connectivity index (χ3n) is 3.16. The van der Waals surface area contributed by atoms with E-state index < -0.39 is 0 Å². The van der Waals surface area contributed by atoms with E-state index >= 15 is 0 Å². The maximum atomic E-state index is 12.9. The second kappa shape index (κ2) is 6.83. The van der Waals surface area contributed by atoms with Crippen LogP contribution in [0.25, 0.3) is 0 Å². The zero-order valence-electron chi connectivity index (χ0n) is 12.1. The Kier molecular flexibility index (Phi) is 4.87. The highest BCUT2D eigenvalue weighted by atomic mass is 19.1. The number of rotatable bonds is 5. The van der Waals surface area contributed by atoms with Gasteiger partial charge in [0.05, 0.1) is 0 Å². The second-order valence-electron chi connectivity index (χ2n) is 4.54. The van der Waals surface area contributed by atoms with Crippen molar-refractivity contribution >= 4 is 17.3 Å². The van der Waals surface area contributed by atoms with Gasteiger partial charge >= 0.3 is 0 Å². The summed E-state index contributed by atoms with van der Waals surface area (Å²) >= 11 is 0. The highest BCUT2D eigenvalue weighted by molar-refractivity contribution is 5.93. The molecule has 4 nitrogen and oxygen atoms in total. The van der Waals surface area contributed by atoms with Crippen LogP contribution in [0.1, 0.15) is 24.3 Å². The number of carbonyl (C=O) groups excluding carboxylic acids is 1. The molecule has 110 valence electrons. The van der Waals surface area contributed by atoms with Crippen LogP contribution in [0, 0.1) is 5.82 Å². The van der Waals surface area contributed by atoms with Crippen LogP contribution in [0.3, 0.4) is 0 Å². The first-order valence-corrected chi connectivity index (χ1v) is 6.92. The Morgan fingerprint density at radius 2 is 1.81 bits per heavy atom. The number of pyridine rings is 1. The molecule has 5 heteroatoms. The maximum Gasteiger partial charge on any atom is 0.272 e. The molecule has 0 saturated heterocycles. The topological polar surface area (TPSA) is 45.2 Å². The molecule has 0 aliphatic rings. The molecule has 21 heavy (non-hydrogen) atoms. The average molecular weight is 287 g/mol. The minimum absolute atomic E-state index is 0.0947. The van der Waals surface area contributed by atoms with Crippen molar-refractivity contribution in [2.75, 3.05) is 18.4 Å². The van der Waals surface area contributed by atoms with Crippen LogP contribution in [0.4, 0.5) is 15.8 Å².